The molecule has 0 radical (unpaired) electrons. The van der Waals surface area contributed by atoms with Crippen molar-refractivity contribution in [2.75, 3.05) is 20.3 Å². The number of amides is 1. The standard InChI is InChI=1S/C28H29N3O9/c1-17-15-31(28(36)30-24(17)33)25-23(37-14-13-21(32)29-2)22(40-27(35)19-11-7-4-8-12-19)20(39-25)16-38-26(34)18-9-5-3-6-10-18/h3-12,15,20,22-23,25H,13-14,16H2,1-2H3,(H,29,32)(H,30,33,36)/t20-,22-,23-,25-/m1/s1. The van der Waals surface area contributed by atoms with Crippen LogP contribution in [0.15, 0.2) is 76.4 Å². The summed E-state index contributed by atoms with van der Waals surface area (Å²) in [5, 5.41) is 2.49. The van der Waals surface area contributed by atoms with Gasteiger partial charge in [0.15, 0.2) is 12.3 Å². The topological polar surface area (TPSA) is 155 Å². The normalized spacial score (nSPS) is 20.1. The predicted molar refractivity (Wildman–Crippen MR) is 141 cm³/mol. The second-order valence-electron chi connectivity index (χ2n) is 9.00. The molecule has 4 atom stereocenters. The number of aryl methyl sites for hydroxylation is 1. The molecule has 2 N–H and O–H groups in total. The number of hydrogen-bond donors (Lipinski definition) is 2. The van der Waals surface area contributed by atoms with E-state index in [0.717, 1.165) is 4.57 Å². The third-order valence-corrected chi connectivity index (χ3v) is 6.26. The van der Waals surface area contributed by atoms with Gasteiger partial charge in [-0.15, -0.1) is 0 Å². The van der Waals surface area contributed by atoms with E-state index in [2.05, 4.69) is 10.3 Å². The van der Waals surface area contributed by atoms with E-state index in [1.165, 1.54) is 20.2 Å². The molecule has 12 nitrogen and oxygen atoms in total. The van der Waals surface area contributed by atoms with Gasteiger partial charge >= 0.3 is 17.6 Å². The Kier molecular flexibility index (Phi) is 9.25. The maximum Gasteiger partial charge on any atom is 0.338 e. The molecule has 1 amide bonds. The Labute approximate surface area is 228 Å². The van der Waals surface area contributed by atoms with Crippen molar-refractivity contribution in [1.29, 1.82) is 0 Å². The van der Waals surface area contributed by atoms with Gasteiger partial charge in [-0.3, -0.25) is 19.1 Å². The fraction of sp³-hybridized carbons (Fsp3) is 0.321. The average Bonchev–Trinajstić information content (AvgIpc) is 3.30. The number of esters is 2. The molecule has 0 spiro atoms. The van der Waals surface area contributed by atoms with Gasteiger partial charge in [0.1, 0.15) is 18.8 Å². The molecule has 0 saturated carbocycles. The molecule has 210 valence electrons. The first-order valence-electron chi connectivity index (χ1n) is 12.6. The Hall–Kier alpha value is -4.55. The van der Waals surface area contributed by atoms with Crippen LogP contribution in [0, 0.1) is 6.92 Å². The highest BCUT2D eigenvalue weighted by Crippen LogP contribution is 2.34. The predicted octanol–water partition coefficient (Wildman–Crippen LogP) is 1.35. The molecule has 2 aromatic carbocycles. The molecular weight excluding hydrogens is 522 g/mol. The lowest BCUT2D eigenvalue weighted by atomic mass is 10.1. The summed E-state index contributed by atoms with van der Waals surface area (Å²) >= 11 is 0. The summed E-state index contributed by atoms with van der Waals surface area (Å²) in [4.78, 5) is 64.5. The Morgan fingerprint density at radius 1 is 0.950 bits per heavy atom. The van der Waals surface area contributed by atoms with Crippen molar-refractivity contribution >= 4 is 17.8 Å². The minimum absolute atomic E-state index is 0.0215. The fourth-order valence-electron chi connectivity index (χ4n) is 4.16. The van der Waals surface area contributed by atoms with Crippen molar-refractivity contribution in [3.63, 3.8) is 0 Å². The third-order valence-electron chi connectivity index (χ3n) is 6.26. The van der Waals surface area contributed by atoms with E-state index >= 15 is 0 Å². The Morgan fingerprint density at radius 2 is 1.57 bits per heavy atom. The lowest BCUT2D eigenvalue weighted by molar-refractivity contribution is -0.124. The summed E-state index contributed by atoms with van der Waals surface area (Å²) in [5.41, 5.74) is -0.565. The van der Waals surface area contributed by atoms with Crippen LogP contribution in [0.3, 0.4) is 0 Å². The number of ether oxygens (including phenoxy) is 4. The third kappa shape index (κ3) is 6.71. The van der Waals surface area contributed by atoms with Gasteiger partial charge in [0.25, 0.3) is 5.56 Å². The smallest absolute Gasteiger partial charge is 0.338 e. The van der Waals surface area contributed by atoms with Crippen molar-refractivity contribution < 1.29 is 33.3 Å². The fourth-order valence-corrected chi connectivity index (χ4v) is 4.16. The maximum atomic E-state index is 13.1. The van der Waals surface area contributed by atoms with E-state index in [9.17, 15) is 24.0 Å². The zero-order valence-electron chi connectivity index (χ0n) is 21.9. The van der Waals surface area contributed by atoms with Crippen LogP contribution >= 0.6 is 0 Å². The molecular formula is C28H29N3O9. The molecule has 1 fully saturated rings. The molecule has 2 heterocycles. The number of aromatic amines is 1. The van der Waals surface area contributed by atoms with Gasteiger partial charge in [0.2, 0.25) is 5.91 Å². The summed E-state index contributed by atoms with van der Waals surface area (Å²) in [6.07, 6.45) is -3.25. The number of hydrogen-bond acceptors (Lipinski definition) is 9. The average molecular weight is 552 g/mol. The van der Waals surface area contributed by atoms with Crippen molar-refractivity contribution in [3.05, 3.63) is 104 Å². The second kappa shape index (κ2) is 13.0. The molecule has 12 heteroatoms. The highest BCUT2D eigenvalue weighted by Gasteiger charge is 2.50. The molecule has 1 aliphatic rings. The summed E-state index contributed by atoms with van der Waals surface area (Å²) in [6, 6.07) is 16.5. The van der Waals surface area contributed by atoms with E-state index in [-0.39, 0.29) is 36.7 Å². The number of aromatic nitrogens is 2. The largest absolute Gasteiger partial charge is 0.459 e. The Morgan fingerprint density at radius 3 is 2.20 bits per heavy atom. The first kappa shape index (κ1) is 28.5. The van der Waals surface area contributed by atoms with Gasteiger partial charge in [-0.2, -0.15) is 0 Å². The number of H-pyrrole nitrogens is 1. The number of carbonyl (C=O) groups excluding carboxylic acids is 3. The van der Waals surface area contributed by atoms with Crippen LogP contribution < -0.4 is 16.6 Å². The summed E-state index contributed by atoms with van der Waals surface area (Å²) in [5.74, 6) is -1.62. The first-order chi connectivity index (χ1) is 19.3. The van der Waals surface area contributed by atoms with Crippen LogP contribution in [0.1, 0.15) is 38.9 Å². The monoisotopic (exact) mass is 551 g/mol. The maximum absolute atomic E-state index is 13.1. The Balaban J connectivity index is 1.66. The van der Waals surface area contributed by atoms with Gasteiger partial charge < -0.3 is 24.3 Å². The van der Waals surface area contributed by atoms with Crippen LogP contribution in [-0.2, 0) is 23.7 Å². The van der Waals surface area contributed by atoms with E-state index in [4.69, 9.17) is 18.9 Å². The van der Waals surface area contributed by atoms with Gasteiger partial charge in [-0.1, -0.05) is 36.4 Å². The first-order valence-corrected chi connectivity index (χ1v) is 12.6. The molecule has 1 aliphatic heterocycles. The SMILES string of the molecule is CNC(=O)CCO[C@@H]1[C@H](OC(=O)c2ccccc2)[C@@H](COC(=O)c2ccccc2)O[C@H]1n1cc(C)c(=O)[nH]c1=O. The number of nitrogens with zero attached hydrogens (tertiary/aromatic N) is 1. The quantitative estimate of drug-likeness (QED) is 0.355. The van der Waals surface area contributed by atoms with Gasteiger partial charge in [-0.05, 0) is 31.2 Å². The molecule has 4 rings (SSSR count). The second-order valence-corrected chi connectivity index (χ2v) is 9.00. The van der Waals surface area contributed by atoms with Crippen LogP contribution in [0.4, 0.5) is 0 Å². The minimum atomic E-state index is -1.19. The van der Waals surface area contributed by atoms with Crippen LogP contribution in [0.25, 0.3) is 0 Å². The summed E-state index contributed by atoms with van der Waals surface area (Å²) in [7, 11) is 1.48. The minimum Gasteiger partial charge on any atom is -0.459 e. The van der Waals surface area contributed by atoms with Crippen LogP contribution in [0.5, 0.6) is 0 Å². The van der Waals surface area contributed by atoms with E-state index in [0.29, 0.717) is 5.56 Å². The van der Waals surface area contributed by atoms with E-state index < -0.39 is 47.7 Å². The zero-order valence-corrected chi connectivity index (χ0v) is 21.9. The molecule has 40 heavy (non-hydrogen) atoms. The van der Waals surface area contributed by atoms with Crippen LogP contribution in [-0.4, -0.2) is 66.0 Å². The van der Waals surface area contributed by atoms with Crippen molar-refractivity contribution in [2.45, 2.75) is 37.9 Å². The summed E-state index contributed by atoms with van der Waals surface area (Å²) in [6.45, 7) is 1.07. The van der Waals surface area contributed by atoms with Crippen molar-refractivity contribution in [3.8, 4) is 0 Å². The van der Waals surface area contributed by atoms with Gasteiger partial charge in [0, 0.05) is 25.2 Å². The lowest BCUT2D eigenvalue weighted by Gasteiger charge is -2.25. The zero-order chi connectivity index (χ0) is 28.6. The molecule has 1 aromatic heterocycles. The molecule has 0 unspecified atom stereocenters. The van der Waals surface area contributed by atoms with E-state index in [1.54, 1.807) is 60.7 Å². The highest BCUT2D eigenvalue weighted by molar-refractivity contribution is 5.90. The van der Waals surface area contributed by atoms with Crippen molar-refractivity contribution in [2.24, 2.45) is 0 Å². The van der Waals surface area contributed by atoms with Crippen molar-refractivity contribution in [1.82, 2.24) is 14.9 Å². The number of benzene rings is 2. The van der Waals surface area contributed by atoms with Gasteiger partial charge in [-0.25, -0.2) is 14.4 Å². The molecule has 0 bridgehead atoms. The summed E-state index contributed by atoms with van der Waals surface area (Å²) < 4.78 is 24.5. The molecule has 1 saturated heterocycles. The highest BCUT2D eigenvalue weighted by atomic mass is 16.6. The van der Waals surface area contributed by atoms with E-state index in [1.807, 2.05) is 0 Å². The number of nitrogens with one attached hydrogen (secondary N) is 2. The molecule has 3 aromatic rings. The number of carbonyl (C=O) groups is 3. The van der Waals surface area contributed by atoms with Gasteiger partial charge in [0.05, 0.1) is 17.7 Å². The number of rotatable bonds is 10. The Bertz CT molecular complexity index is 1450. The molecule has 0 aliphatic carbocycles. The lowest BCUT2D eigenvalue weighted by Crippen LogP contribution is -2.42. The van der Waals surface area contributed by atoms with Crippen LogP contribution in [0.2, 0.25) is 0 Å².